The summed E-state index contributed by atoms with van der Waals surface area (Å²) >= 11 is 0. The van der Waals surface area contributed by atoms with Gasteiger partial charge in [-0.2, -0.15) is 8.78 Å². The van der Waals surface area contributed by atoms with Gasteiger partial charge in [0.1, 0.15) is 0 Å². The van der Waals surface area contributed by atoms with Crippen molar-refractivity contribution in [3.63, 3.8) is 0 Å². The fraction of sp³-hybridized carbons (Fsp3) is 0.704. The van der Waals surface area contributed by atoms with Crippen molar-refractivity contribution in [2.24, 2.45) is 17.8 Å². The average Bonchev–Trinajstić information content (AvgIpc) is 2.79. The monoisotopic (exact) mass is 454 g/mol. The van der Waals surface area contributed by atoms with Crippen LogP contribution in [0.15, 0.2) is 24.3 Å². The molecule has 0 aromatic heterocycles. The van der Waals surface area contributed by atoms with Crippen LogP contribution >= 0.6 is 0 Å². The SMILES string of the molecule is CCC=CCCCCC1CCC(C2CCC(c3cc(F)c(OC(F)F)c(F)c3)CC2)CC1. The Bertz CT molecular complexity index is 693. The molecule has 2 aliphatic carbocycles. The van der Waals surface area contributed by atoms with Crippen LogP contribution in [0.1, 0.15) is 102 Å². The van der Waals surface area contributed by atoms with E-state index >= 15 is 0 Å². The lowest BCUT2D eigenvalue weighted by atomic mass is 9.68. The van der Waals surface area contributed by atoms with E-state index in [4.69, 9.17) is 0 Å². The first-order valence-corrected chi connectivity index (χ1v) is 12.6. The van der Waals surface area contributed by atoms with Crippen molar-refractivity contribution in [1.82, 2.24) is 0 Å². The number of unbranched alkanes of at least 4 members (excludes halogenated alkanes) is 2. The fourth-order valence-corrected chi connectivity index (χ4v) is 5.87. The van der Waals surface area contributed by atoms with E-state index in [0.717, 1.165) is 43.9 Å². The summed E-state index contributed by atoms with van der Waals surface area (Å²) in [4.78, 5) is 0. The Morgan fingerprint density at radius 1 is 0.875 bits per heavy atom. The third-order valence-corrected chi connectivity index (χ3v) is 7.66. The molecule has 2 fully saturated rings. The fourth-order valence-electron chi connectivity index (χ4n) is 5.87. The molecule has 1 aromatic rings. The van der Waals surface area contributed by atoms with Crippen molar-refractivity contribution in [3.8, 4) is 5.75 Å². The summed E-state index contributed by atoms with van der Waals surface area (Å²) in [6, 6.07) is 2.35. The smallest absolute Gasteiger partial charge is 0.387 e. The van der Waals surface area contributed by atoms with Gasteiger partial charge in [0, 0.05) is 0 Å². The van der Waals surface area contributed by atoms with Gasteiger partial charge in [-0.15, -0.1) is 0 Å². The maximum absolute atomic E-state index is 14.1. The van der Waals surface area contributed by atoms with Crippen LogP contribution in [0.2, 0.25) is 0 Å². The summed E-state index contributed by atoms with van der Waals surface area (Å²) in [5.74, 6) is -0.583. The zero-order chi connectivity index (χ0) is 22.9. The van der Waals surface area contributed by atoms with E-state index in [1.165, 1.54) is 63.5 Å². The van der Waals surface area contributed by atoms with E-state index in [2.05, 4.69) is 23.8 Å². The van der Waals surface area contributed by atoms with Gasteiger partial charge in [-0.1, -0.05) is 44.8 Å². The van der Waals surface area contributed by atoms with Crippen molar-refractivity contribution in [2.45, 2.75) is 103 Å². The highest BCUT2D eigenvalue weighted by atomic mass is 19.3. The van der Waals surface area contributed by atoms with Gasteiger partial charge in [0.2, 0.25) is 0 Å². The molecule has 2 saturated carbocycles. The second-order valence-corrected chi connectivity index (χ2v) is 9.75. The lowest BCUT2D eigenvalue weighted by Crippen LogP contribution is -2.25. The highest BCUT2D eigenvalue weighted by molar-refractivity contribution is 5.33. The molecule has 1 aromatic carbocycles. The normalized spacial score (nSPS) is 26.7. The largest absolute Gasteiger partial charge is 0.429 e. The molecule has 2 aliphatic rings. The van der Waals surface area contributed by atoms with Crippen LogP contribution in [-0.2, 0) is 0 Å². The standard InChI is InChI=1S/C27H38F4O/c1-2-3-4-5-6-7-8-19-9-11-20(12-10-19)21-13-15-22(16-14-21)23-17-24(28)26(25(29)18-23)32-27(30)31/h3-4,17-22,27H,2,5-16H2,1H3. The number of rotatable bonds is 10. The molecule has 1 nitrogen and oxygen atoms in total. The molecular weight excluding hydrogens is 416 g/mol. The molecule has 32 heavy (non-hydrogen) atoms. The van der Waals surface area contributed by atoms with Gasteiger partial charge in [-0.25, -0.2) is 8.78 Å². The van der Waals surface area contributed by atoms with Gasteiger partial charge in [-0.05, 0) is 99.2 Å². The van der Waals surface area contributed by atoms with Gasteiger partial charge < -0.3 is 4.74 Å². The molecule has 0 spiro atoms. The maximum atomic E-state index is 14.1. The summed E-state index contributed by atoms with van der Waals surface area (Å²) in [7, 11) is 0. The molecule has 0 N–H and O–H groups in total. The predicted molar refractivity (Wildman–Crippen MR) is 121 cm³/mol. The lowest BCUT2D eigenvalue weighted by Gasteiger charge is -2.38. The van der Waals surface area contributed by atoms with Gasteiger partial charge in [0.15, 0.2) is 17.4 Å². The first-order valence-electron chi connectivity index (χ1n) is 12.6. The second-order valence-electron chi connectivity index (χ2n) is 9.75. The number of ether oxygens (including phenoxy) is 1. The van der Waals surface area contributed by atoms with E-state index in [1.54, 1.807) is 0 Å². The van der Waals surface area contributed by atoms with Crippen molar-refractivity contribution in [1.29, 1.82) is 0 Å². The molecular formula is C27H38F4O. The van der Waals surface area contributed by atoms with Crippen molar-refractivity contribution in [3.05, 3.63) is 41.5 Å². The molecule has 0 amide bonds. The minimum Gasteiger partial charge on any atom is -0.429 e. The third-order valence-electron chi connectivity index (χ3n) is 7.66. The first-order chi connectivity index (χ1) is 15.5. The molecule has 0 bridgehead atoms. The molecule has 180 valence electrons. The van der Waals surface area contributed by atoms with Crippen LogP contribution in [0.5, 0.6) is 5.75 Å². The minimum absolute atomic E-state index is 0.0916. The van der Waals surface area contributed by atoms with Gasteiger partial charge in [0.05, 0.1) is 0 Å². The van der Waals surface area contributed by atoms with E-state index in [9.17, 15) is 17.6 Å². The van der Waals surface area contributed by atoms with Crippen LogP contribution in [-0.4, -0.2) is 6.61 Å². The molecule has 3 rings (SSSR count). The zero-order valence-electron chi connectivity index (χ0n) is 19.3. The number of benzene rings is 1. The van der Waals surface area contributed by atoms with Crippen LogP contribution in [0.25, 0.3) is 0 Å². The number of halogens is 4. The number of allylic oxidation sites excluding steroid dienone is 2. The lowest BCUT2D eigenvalue weighted by molar-refractivity contribution is -0.0546. The van der Waals surface area contributed by atoms with E-state index in [-0.39, 0.29) is 5.92 Å². The van der Waals surface area contributed by atoms with E-state index < -0.39 is 24.0 Å². The van der Waals surface area contributed by atoms with E-state index in [1.807, 2.05) is 0 Å². The highest BCUT2D eigenvalue weighted by Crippen LogP contribution is 2.45. The molecule has 0 heterocycles. The first kappa shape index (κ1) is 25.1. The maximum Gasteiger partial charge on any atom is 0.387 e. The van der Waals surface area contributed by atoms with Crippen LogP contribution in [0.4, 0.5) is 17.6 Å². The number of alkyl halides is 2. The topological polar surface area (TPSA) is 9.23 Å². The Hall–Kier alpha value is -1.52. The molecule has 0 atom stereocenters. The highest BCUT2D eigenvalue weighted by Gasteiger charge is 2.32. The molecule has 0 unspecified atom stereocenters. The molecule has 0 aliphatic heterocycles. The molecule has 5 heteroatoms. The summed E-state index contributed by atoms with van der Waals surface area (Å²) in [5, 5.41) is 0. The minimum atomic E-state index is -3.24. The van der Waals surface area contributed by atoms with Crippen molar-refractivity contribution < 1.29 is 22.3 Å². The Balaban J connectivity index is 1.40. The van der Waals surface area contributed by atoms with Crippen LogP contribution in [0, 0.1) is 29.4 Å². The predicted octanol–water partition coefficient (Wildman–Crippen LogP) is 9.17. The van der Waals surface area contributed by atoms with Crippen molar-refractivity contribution >= 4 is 0 Å². The zero-order valence-corrected chi connectivity index (χ0v) is 19.3. The van der Waals surface area contributed by atoms with Crippen LogP contribution in [0.3, 0.4) is 0 Å². The summed E-state index contributed by atoms with van der Waals surface area (Å²) in [5.41, 5.74) is 0.567. The van der Waals surface area contributed by atoms with Crippen LogP contribution < -0.4 is 4.74 Å². The van der Waals surface area contributed by atoms with Crippen molar-refractivity contribution in [2.75, 3.05) is 0 Å². The summed E-state index contributed by atoms with van der Waals surface area (Å²) in [6.07, 6.45) is 20.2. The number of hydrogen-bond donors (Lipinski definition) is 0. The number of hydrogen-bond acceptors (Lipinski definition) is 1. The second kappa shape index (κ2) is 12.6. The Labute approximate surface area is 190 Å². The summed E-state index contributed by atoms with van der Waals surface area (Å²) < 4.78 is 56.9. The van der Waals surface area contributed by atoms with Gasteiger partial charge in [-0.3, -0.25) is 0 Å². The Morgan fingerprint density at radius 3 is 2.03 bits per heavy atom. The molecule has 0 saturated heterocycles. The molecule has 0 radical (unpaired) electrons. The third kappa shape index (κ3) is 7.25. The van der Waals surface area contributed by atoms with Gasteiger partial charge >= 0.3 is 6.61 Å². The Kier molecular flexibility index (Phi) is 9.92. The average molecular weight is 455 g/mol. The van der Waals surface area contributed by atoms with E-state index in [0.29, 0.717) is 11.5 Å². The summed E-state index contributed by atoms with van der Waals surface area (Å²) in [6.45, 7) is -1.06. The Morgan fingerprint density at radius 2 is 1.47 bits per heavy atom. The quantitative estimate of drug-likeness (QED) is 0.194. The van der Waals surface area contributed by atoms with Gasteiger partial charge in [0.25, 0.3) is 0 Å².